The van der Waals surface area contributed by atoms with Crippen molar-refractivity contribution in [1.29, 1.82) is 0 Å². The summed E-state index contributed by atoms with van der Waals surface area (Å²) in [5, 5.41) is 0. The molecule has 4 heteroatoms. The lowest BCUT2D eigenvalue weighted by molar-refractivity contribution is 0.677. The summed E-state index contributed by atoms with van der Waals surface area (Å²) in [7, 11) is 0. The van der Waals surface area contributed by atoms with Gasteiger partial charge in [-0.3, -0.25) is 0 Å². The molecule has 0 spiro atoms. The molecule has 0 fully saturated rings. The molecule has 0 aliphatic carbocycles. The van der Waals surface area contributed by atoms with Crippen molar-refractivity contribution in [1.82, 2.24) is 9.97 Å². The fourth-order valence-corrected chi connectivity index (χ4v) is 2.55. The van der Waals surface area contributed by atoms with E-state index in [1.165, 1.54) is 5.56 Å². The number of benzene rings is 2. The molecular weight excluding hydrogens is 272 g/mol. The third-order valence-corrected chi connectivity index (χ3v) is 3.74. The fourth-order valence-electron chi connectivity index (χ4n) is 2.55. The summed E-state index contributed by atoms with van der Waals surface area (Å²) in [6.45, 7) is 2.01. The molecule has 2 aromatic carbocycles. The Labute approximate surface area is 130 Å². The average Bonchev–Trinajstić information content (AvgIpc) is 2.91. The second-order valence-electron chi connectivity index (χ2n) is 5.51. The highest BCUT2D eigenvalue weighted by molar-refractivity contribution is 5.64. The Morgan fingerprint density at radius 2 is 1.73 bits per heavy atom. The van der Waals surface area contributed by atoms with Crippen LogP contribution in [0, 0.1) is 6.92 Å². The van der Waals surface area contributed by atoms with Crippen molar-refractivity contribution in [3.05, 3.63) is 71.7 Å². The summed E-state index contributed by atoms with van der Waals surface area (Å²) in [6.07, 6.45) is 0.759. The van der Waals surface area contributed by atoms with Gasteiger partial charge < -0.3 is 16.5 Å². The minimum absolute atomic E-state index is 0.149. The van der Waals surface area contributed by atoms with Gasteiger partial charge in [-0.05, 0) is 31.0 Å². The smallest absolute Gasteiger partial charge is 0.124 e. The normalized spacial score (nSPS) is 12.3. The summed E-state index contributed by atoms with van der Waals surface area (Å²) in [6, 6.07) is 17.8. The topological polar surface area (TPSA) is 80.7 Å². The number of nitrogens with two attached hydrogens (primary N) is 2. The van der Waals surface area contributed by atoms with Crippen LogP contribution in [0.15, 0.2) is 54.6 Å². The molecule has 0 saturated heterocycles. The van der Waals surface area contributed by atoms with Gasteiger partial charge in [0.15, 0.2) is 0 Å². The Kier molecular flexibility index (Phi) is 3.94. The summed E-state index contributed by atoms with van der Waals surface area (Å²) < 4.78 is 0. The first-order chi connectivity index (χ1) is 10.6. The number of rotatable bonds is 4. The highest BCUT2D eigenvalue weighted by Crippen LogP contribution is 2.24. The molecule has 112 valence electrons. The van der Waals surface area contributed by atoms with E-state index in [1.807, 2.05) is 49.4 Å². The average molecular weight is 292 g/mol. The molecule has 1 heterocycles. The van der Waals surface area contributed by atoms with E-state index in [9.17, 15) is 0 Å². The number of aromatic amines is 1. The third-order valence-electron chi connectivity index (χ3n) is 3.74. The molecule has 0 unspecified atom stereocenters. The van der Waals surface area contributed by atoms with Crippen molar-refractivity contribution in [2.24, 2.45) is 5.73 Å². The second-order valence-corrected chi connectivity index (χ2v) is 5.51. The third kappa shape index (κ3) is 3.02. The first kappa shape index (κ1) is 14.4. The molecule has 4 nitrogen and oxygen atoms in total. The number of hydrogen-bond donors (Lipinski definition) is 3. The minimum Gasteiger partial charge on any atom is -0.399 e. The maximum absolute atomic E-state index is 6.30. The van der Waals surface area contributed by atoms with Crippen molar-refractivity contribution in [3.63, 3.8) is 0 Å². The van der Waals surface area contributed by atoms with E-state index in [0.717, 1.165) is 34.9 Å². The van der Waals surface area contributed by atoms with Crippen molar-refractivity contribution in [2.45, 2.75) is 19.4 Å². The van der Waals surface area contributed by atoms with E-state index in [1.54, 1.807) is 0 Å². The van der Waals surface area contributed by atoms with Crippen LogP contribution in [0.5, 0.6) is 0 Å². The molecule has 22 heavy (non-hydrogen) atoms. The van der Waals surface area contributed by atoms with E-state index >= 15 is 0 Å². The Morgan fingerprint density at radius 3 is 2.41 bits per heavy atom. The number of nitrogens with zero attached hydrogens (tertiary/aromatic N) is 1. The van der Waals surface area contributed by atoms with Gasteiger partial charge in [0.1, 0.15) is 5.82 Å². The van der Waals surface area contributed by atoms with Gasteiger partial charge >= 0.3 is 0 Å². The standard InChI is InChI=1S/C18H20N4/c1-12-17(14-7-9-15(19)10-8-14)22-18(21-12)16(20)11-13-5-3-2-4-6-13/h2-10,16H,11,19-20H2,1H3,(H,21,22)/t16-/m0/s1. The summed E-state index contributed by atoms with van der Waals surface area (Å²) in [5.74, 6) is 0.813. The zero-order valence-corrected chi connectivity index (χ0v) is 12.6. The van der Waals surface area contributed by atoms with Gasteiger partial charge in [-0.2, -0.15) is 0 Å². The lowest BCUT2D eigenvalue weighted by atomic mass is 10.1. The van der Waals surface area contributed by atoms with Gasteiger partial charge in [-0.15, -0.1) is 0 Å². The van der Waals surface area contributed by atoms with Gasteiger partial charge in [-0.25, -0.2) is 4.98 Å². The molecule has 0 amide bonds. The van der Waals surface area contributed by atoms with Crippen molar-refractivity contribution >= 4 is 5.69 Å². The number of nitrogen functional groups attached to an aromatic ring is 1. The largest absolute Gasteiger partial charge is 0.399 e. The number of aromatic nitrogens is 2. The first-order valence-electron chi connectivity index (χ1n) is 7.35. The Balaban J connectivity index is 1.84. The van der Waals surface area contributed by atoms with Crippen LogP contribution in [0.25, 0.3) is 11.3 Å². The minimum atomic E-state index is -0.149. The van der Waals surface area contributed by atoms with E-state index < -0.39 is 0 Å². The number of H-pyrrole nitrogens is 1. The highest BCUT2D eigenvalue weighted by Gasteiger charge is 2.15. The van der Waals surface area contributed by atoms with Gasteiger partial charge in [-0.1, -0.05) is 42.5 Å². The van der Waals surface area contributed by atoms with Crippen LogP contribution in [0.3, 0.4) is 0 Å². The van der Waals surface area contributed by atoms with Gasteiger partial charge in [0.05, 0.1) is 11.7 Å². The molecule has 0 bridgehead atoms. The maximum atomic E-state index is 6.30. The second kappa shape index (κ2) is 6.03. The molecule has 0 saturated carbocycles. The van der Waals surface area contributed by atoms with Crippen LogP contribution in [0.1, 0.15) is 23.1 Å². The summed E-state index contributed by atoms with van der Waals surface area (Å²) in [5.41, 5.74) is 17.0. The molecule has 3 aromatic rings. The van der Waals surface area contributed by atoms with Gasteiger partial charge in [0.25, 0.3) is 0 Å². The molecule has 1 atom stereocenters. The zero-order valence-electron chi connectivity index (χ0n) is 12.6. The SMILES string of the molecule is Cc1[nH]c([C@@H](N)Cc2ccccc2)nc1-c1ccc(N)cc1. The van der Waals surface area contributed by atoms with Crippen LogP contribution in [-0.2, 0) is 6.42 Å². The zero-order chi connectivity index (χ0) is 15.5. The van der Waals surface area contributed by atoms with E-state index in [-0.39, 0.29) is 6.04 Å². The molecule has 0 radical (unpaired) electrons. The number of nitrogens with one attached hydrogen (secondary N) is 1. The number of aryl methyl sites for hydroxylation is 1. The van der Waals surface area contributed by atoms with Crippen molar-refractivity contribution < 1.29 is 0 Å². The van der Waals surface area contributed by atoms with E-state index in [4.69, 9.17) is 11.5 Å². The predicted molar refractivity (Wildman–Crippen MR) is 90.2 cm³/mol. The number of hydrogen-bond acceptors (Lipinski definition) is 3. The van der Waals surface area contributed by atoms with Crippen LogP contribution >= 0.6 is 0 Å². The van der Waals surface area contributed by atoms with Crippen molar-refractivity contribution in [3.8, 4) is 11.3 Å². The van der Waals surface area contributed by atoms with Gasteiger partial charge in [0, 0.05) is 16.9 Å². The molecule has 1 aromatic heterocycles. The van der Waals surface area contributed by atoms with E-state index in [2.05, 4.69) is 22.1 Å². The van der Waals surface area contributed by atoms with E-state index in [0.29, 0.717) is 0 Å². The maximum Gasteiger partial charge on any atom is 0.124 e. The molecule has 0 aliphatic heterocycles. The molecule has 0 aliphatic rings. The lowest BCUT2D eigenvalue weighted by Gasteiger charge is -2.08. The lowest BCUT2D eigenvalue weighted by Crippen LogP contribution is -2.15. The van der Waals surface area contributed by atoms with Crippen LogP contribution in [0.4, 0.5) is 5.69 Å². The predicted octanol–water partition coefficient (Wildman–Crippen LogP) is 3.21. The van der Waals surface area contributed by atoms with Crippen LogP contribution < -0.4 is 11.5 Å². The first-order valence-corrected chi connectivity index (χ1v) is 7.35. The molecular formula is C18H20N4. The Bertz CT molecular complexity index is 745. The molecule has 3 rings (SSSR count). The molecule has 5 N–H and O–H groups in total. The Morgan fingerprint density at radius 1 is 1.05 bits per heavy atom. The Hall–Kier alpha value is -2.59. The summed E-state index contributed by atoms with van der Waals surface area (Å²) in [4.78, 5) is 7.99. The van der Waals surface area contributed by atoms with Crippen LogP contribution in [0.2, 0.25) is 0 Å². The quantitative estimate of drug-likeness (QED) is 0.646. The summed E-state index contributed by atoms with van der Waals surface area (Å²) >= 11 is 0. The monoisotopic (exact) mass is 292 g/mol. The number of anilines is 1. The van der Waals surface area contributed by atoms with Crippen molar-refractivity contribution in [2.75, 3.05) is 5.73 Å². The fraction of sp³-hybridized carbons (Fsp3) is 0.167. The van der Waals surface area contributed by atoms with Crippen LogP contribution in [-0.4, -0.2) is 9.97 Å². The van der Waals surface area contributed by atoms with Gasteiger partial charge in [0.2, 0.25) is 0 Å². The number of imidazole rings is 1. The highest BCUT2D eigenvalue weighted by atomic mass is 15.0.